The summed E-state index contributed by atoms with van der Waals surface area (Å²) < 4.78 is 0. The molecule has 42 heavy (non-hydrogen) atoms. The summed E-state index contributed by atoms with van der Waals surface area (Å²) in [7, 11) is 0. The summed E-state index contributed by atoms with van der Waals surface area (Å²) in [5, 5.41) is 26.2. The number of hydrogen-bond acceptors (Lipinski definition) is 7. The third-order valence-corrected chi connectivity index (χ3v) is 7.70. The number of aromatic nitrogens is 2. The molecule has 0 atom stereocenters. The van der Waals surface area contributed by atoms with Crippen LogP contribution in [0.5, 0.6) is 11.5 Å². The highest BCUT2D eigenvalue weighted by atomic mass is 35.5. The van der Waals surface area contributed by atoms with E-state index in [1.54, 1.807) is 0 Å². The fourth-order valence-corrected chi connectivity index (χ4v) is 5.13. The predicted molar refractivity (Wildman–Crippen MR) is 165 cm³/mol. The summed E-state index contributed by atoms with van der Waals surface area (Å²) >= 11 is 25.1. The molecule has 214 valence electrons. The third-order valence-electron chi connectivity index (χ3n) is 6.23. The van der Waals surface area contributed by atoms with Crippen LogP contribution < -0.4 is 20.4 Å². The quantitative estimate of drug-likeness (QED) is 0.153. The minimum Gasteiger partial charge on any atom is -0.506 e. The Hall–Kier alpha value is -4.22. The van der Waals surface area contributed by atoms with Gasteiger partial charge in [-0.15, -0.1) is 0 Å². The molecule has 14 heteroatoms. The largest absolute Gasteiger partial charge is 0.506 e. The van der Waals surface area contributed by atoms with Gasteiger partial charge in [0, 0.05) is 17.8 Å². The maximum absolute atomic E-state index is 14.0. The van der Waals surface area contributed by atoms with E-state index < -0.39 is 23.4 Å². The number of nitrogens with zero attached hydrogens (tertiary/aromatic N) is 4. The molecule has 2 heterocycles. The van der Waals surface area contributed by atoms with Gasteiger partial charge in [-0.05, 0) is 23.8 Å². The molecular weight excluding hydrogens is 626 g/mol. The maximum atomic E-state index is 14.0. The topological polar surface area (TPSA) is 131 Å². The van der Waals surface area contributed by atoms with Crippen LogP contribution in [0.25, 0.3) is 0 Å². The van der Waals surface area contributed by atoms with Gasteiger partial charge in [0.05, 0.1) is 40.2 Å². The van der Waals surface area contributed by atoms with Crippen LogP contribution in [0.1, 0.15) is 11.1 Å². The monoisotopic (exact) mass is 644 g/mol. The number of fused-ring (bicyclic) bond motifs is 1. The van der Waals surface area contributed by atoms with Gasteiger partial charge in [-0.3, -0.25) is 14.6 Å². The molecule has 0 saturated heterocycles. The smallest absolute Gasteiger partial charge is 0.330 e. The van der Waals surface area contributed by atoms with Crippen molar-refractivity contribution >= 4 is 87.2 Å². The first-order valence-electron chi connectivity index (χ1n) is 12.2. The highest BCUT2D eigenvalue weighted by Crippen LogP contribution is 2.47. The predicted octanol–water partition coefficient (Wildman–Crippen LogP) is 7.52. The van der Waals surface area contributed by atoms with Gasteiger partial charge in [-0.25, -0.2) is 9.78 Å². The number of urea groups is 1. The lowest BCUT2D eigenvalue weighted by Gasteiger charge is -2.37. The van der Waals surface area contributed by atoms with Crippen LogP contribution in [-0.2, 0) is 17.9 Å². The number of halogens is 4. The zero-order valence-corrected chi connectivity index (χ0v) is 24.4. The van der Waals surface area contributed by atoms with Crippen molar-refractivity contribution in [1.29, 1.82) is 0 Å². The van der Waals surface area contributed by atoms with Gasteiger partial charge in [0.15, 0.2) is 0 Å². The average molecular weight is 646 g/mol. The first-order chi connectivity index (χ1) is 20.1. The Bertz CT molecular complexity index is 1710. The van der Waals surface area contributed by atoms with Gasteiger partial charge >= 0.3 is 6.03 Å². The van der Waals surface area contributed by atoms with Crippen molar-refractivity contribution in [2.45, 2.75) is 13.1 Å². The van der Waals surface area contributed by atoms with E-state index in [0.29, 0.717) is 16.9 Å². The second-order valence-electron chi connectivity index (χ2n) is 9.00. The lowest BCUT2D eigenvalue weighted by molar-refractivity contribution is -0.111. The Morgan fingerprint density at radius 2 is 1.64 bits per heavy atom. The zero-order chi connectivity index (χ0) is 30.1. The molecule has 1 aliphatic rings. The van der Waals surface area contributed by atoms with Gasteiger partial charge in [0.1, 0.15) is 27.4 Å². The number of aromatic hydroxyl groups is 2. The van der Waals surface area contributed by atoms with E-state index in [0.717, 1.165) is 17.7 Å². The molecule has 0 aliphatic carbocycles. The number of amides is 3. The molecule has 0 bridgehead atoms. The molecule has 5 rings (SSSR count). The minimum atomic E-state index is -0.571. The van der Waals surface area contributed by atoms with Crippen molar-refractivity contribution in [2.75, 3.05) is 20.4 Å². The van der Waals surface area contributed by atoms with Gasteiger partial charge in [-0.2, -0.15) is 4.98 Å². The number of nitrogens with one attached hydrogen (secondary N) is 2. The number of phenols is 2. The Labute approximate surface area is 259 Å². The highest BCUT2D eigenvalue weighted by molar-refractivity contribution is 6.43. The van der Waals surface area contributed by atoms with Gasteiger partial charge < -0.3 is 20.8 Å². The van der Waals surface area contributed by atoms with Crippen molar-refractivity contribution in [2.24, 2.45) is 0 Å². The van der Waals surface area contributed by atoms with Crippen molar-refractivity contribution in [3.63, 3.8) is 0 Å². The van der Waals surface area contributed by atoms with E-state index in [1.807, 2.05) is 30.3 Å². The highest BCUT2D eigenvalue weighted by Gasteiger charge is 2.36. The van der Waals surface area contributed by atoms with Gasteiger partial charge in [-0.1, -0.05) is 83.3 Å². The van der Waals surface area contributed by atoms with Crippen molar-refractivity contribution in [1.82, 2.24) is 9.97 Å². The average Bonchev–Trinajstić information content (AvgIpc) is 2.97. The SMILES string of the molecule is C=CC(=O)Nc1cc(Cl)c(Cl)cc1Nc1ncc2c(n1)N(Cc1ccccc1)C(=O)N(c1c(Cl)c(O)cc(O)c1Cl)C2. The summed E-state index contributed by atoms with van der Waals surface area (Å²) in [5.74, 6) is -0.993. The zero-order valence-electron chi connectivity index (χ0n) is 21.4. The van der Waals surface area contributed by atoms with Crippen LogP contribution in [-0.4, -0.2) is 32.1 Å². The number of anilines is 5. The lowest BCUT2D eigenvalue weighted by atomic mass is 10.1. The molecule has 0 spiro atoms. The molecule has 10 nitrogen and oxygen atoms in total. The van der Waals surface area contributed by atoms with E-state index in [2.05, 4.69) is 27.2 Å². The number of benzene rings is 3. The Morgan fingerprint density at radius 3 is 2.29 bits per heavy atom. The van der Waals surface area contributed by atoms with Crippen LogP contribution >= 0.6 is 46.4 Å². The minimum absolute atomic E-state index is 0.0647. The van der Waals surface area contributed by atoms with Crippen LogP contribution in [0, 0.1) is 0 Å². The van der Waals surface area contributed by atoms with Crippen molar-refractivity contribution in [3.05, 3.63) is 98.6 Å². The molecule has 4 N–H and O–H groups in total. The molecule has 1 aromatic heterocycles. The fraction of sp³-hybridized carbons (Fsp3) is 0.0714. The van der Waals surface area contributed by atoms with Crippen LogP contribution in [0.2, 0.25) is 20.1 Å². The normalized spacial score (nSPS) is 12.6. The number of phenolic OH excluding ortho intramolecular Hbond substituents is 2. The van der Waals surface area contributed by atoms with Crippen LogP contribution in [0.3, 0.4) is 0 Å². The second kappa shape index (κ2) is 11.9. The van der Waals surface area contributed by atoms with Gasteiger partial charge in [0.2, 0.25) is 11.9 Å². The molecule has 0 unspecified atom stereocenters. The Morgan fingerprint density at radius 1 is 1.00 bits per heavy atom. The van der Waals surface area contributed by atoms with Crippen molar-refractivity contribution < 1.29 is 19.8 Å². The Balaban J connectivity index is 1.59. The Kier molecular flexibility index (Phi) is 8.33. The molecule has 1 aliphatic heterocycles. The maximum Gasteiger partial charge on any atom is 0.330 e. The van der Waals surface area contributed by atoms with E-state index >= 15 is 0 Å². The number of hydrogen-bond donors (Lipinski definition) is 4. The summed E-state index contributed by atoms with van der Waals surface area (Å²) in [6.45, 7) is 3.49. The van der Waals surface area contributed by atoms with Gasteiger partial charge in [0.25, 0.3) is 0 Å². The molecule has 3 amide bonds. The molecular formula is C28H20Cl4N6O4. The first-order valence-corrected chi connectivity index (χ1v) is 13.7. The second-order valence-corrected chi connectivity index (χ2v) is 10.6. The number of rotatable bonds is 7. The first kappa shape index (κ1) is 29.3. The summed E-state index contributed by atoms with van der Waals surface area (Å²) in [5.41, 5.74) is 1.88. The number of carbonyl (C=O) groups is 2. The standard InChI is InChI=1S/C28H20Cl4N6O4/c1-2-22(41)34-18-8-16(29)17(30)9-19(18)35-27-33-11-15-13-37(25-23(31)20(39)10-21(40)24(25)32)28(42)38(26(15)36-27)12-14-6-4-3-5-7-14/h2-11,39-40H,1,12-13H2,(H,34,41)(H,33,35,36). The van der Waals surface area contributed by atoms with E-state index in [1.165, 1.54) is 28.1 Å². The lowest BCUT2D eigenvalue weighted by Crippen LogP contribution is -2.47. The molecule has 3 aromatic carbocycles. The van der Waals surface area contributed by atoms with Crippen LogP contribution in [0.15, 0.2) is 67.4 Å². The summed E-state index contributed by atoms with van der Waals surface area (Å²) in [4.78, 5) is 37.6. The third kappa shape index (κ3) is 5.75. The molecule has 0 saturated carbocycles. The fourth-order valence-electron chi connectivity index (χ4n) is 4.25. The van der Waals surface area contributed by atoms with Crippen molar-refractivity contribution in [3.8, 4) is 11.5 Å². The summed E-state index contributed by atoms with van der Waals surface area (Å²) in [6, 6.07) is 12.6. The van der Waals surface area contributed by atoms with E-state index in [4.69, 9.17) is 46.4 Å². The van der Waals surface area contributed by atoms with Crippen LogP contribution in [0.4, 0.5) is 33.6 Å². The van der Waals surface area contributed by atoms with E-state index in [9.17, 15) is 19.8 Å². The molecule has 0 radical (unpaired) electrons. The number of carbonyl (C=O) groups excluding carboxylic acids is 2. The summed E-state index contributed by atoms with van der Waals surface area (Å²) in [6.07, 6.45) is 2.61. The molecule has 4 aromatic rings. The van der Waals surface area contributed by atoms with E-state index in [-0.39, 0.29) is 50.6 Å². The molecule has 0 fully saturated rings.